The van der Waals surface area contributed by atoms with E-state index >= 15 is 0 Å². The molecule has 21 heavy (non-hydrogen) atoms. The van der Waals surface area contributed by atoms with E-state index in [-0.39, 0.29) is 5.97 Å². The third-order valence-electron chi connectivity index (χ3n) is 5.68. The molecule has 0 atom stereocenters. The van der Waals surface area contributed by atoms with Crippen LogP contribution in [0, 0.1) is 17.8 Å². The van der Waals surface area contributed by atoms with Crippen LogP contribution < -0.4 is 0 Å². The van der Waals surface area contributed by atoms with Crippen LogP contribution in [0.3, 0.4) is 0 Å². The SMILES string of the molecule is CCCC(=O)O[SiH2]CC(C1CCCCC1)C1CCCCC1. The summed E-state index contributed by atoms with van der Waals surface area (Å²) in [6, 6.07) is 1.25. The summed E-state index contributed by atoms with van der Waals surface area (Å²) >= 11 is 0. The zero-order valence-electron chi connectivity index (χ0n) is 13.9. The highest BCUT2D eigenvalue weighted by molar-refractivity contribution is 6.30. The number of carbonyl (C=O) groups excluding carboxylic acids is 1. The van der Waals surface area contributed by atoms with E-state index in [2.05, 4.69) is 6.92 Å². The Labute approximate surface area is 133 Å². The van der Waals surface area contributed by atoms with Crippen LogP contribution in [0.25, 0.3) is 0 Å². The summed E-state index contributed by atoms with van der Waals surface area (Å²) in [6.07, 6.45) is 15.9. The van der Waals surface area contributed by atoms with Crippen molar-refractivity contribution in [1.82, 2.24) is 0 Å². The molecule has 122 valence electrons. The van der Waals surface area contributed by atoms with Crippen LogP contribution in [0.4, 0.5) is 0 Å². The fraction of sp³-hybridized carbons (Fsp3) is 0.944. The maximum Gasteiger partial charge on any atom is 0.292 e. The highest BCUT2D eigenvalue weighted by Gasteiger charge is 2.31. The van der Waals surface area contributed by atoms with Crippen LogP contribution in [0.5, 0.6) is 0 Å². The van der Waals surface area contributed by atoms with Gasteiger partial charge in [-0.25, -0.2) is 0 Å². The molecule has 0 saturated heterocycles. The summed E-state index contributed by atoms with van der Waals surface area (Å²) in [5, 5.41) is 0. The second kappa shape index (κ2) is 9.65. The van der Waals surface area contributed by atoms with E-state index in [0.717, 1.165) is 24.2 Å². The van der Waals surface area contributed by atoms with Gasteiger partial charge in [-0.1, -0.05) is 71.1 Å². The van der Waals surface area contributed by atoms with Crippen LogP contribution in [0.15, 0.2) is 0 Å². The van der Waals surface area contributed by atoms with Crippen molar-refractivity contribution in [3.63, 3.8) is 0 Å². The summed E-state index contributed by atoms with van der Waals surface area (Å²) in [4.78, 5) is 11.6. The molecule has 3 heteroatoms. The second-order valence-electron chi connectivity index (χ2n) is 7.22. The highest BCUT2D eigenvalue weighted by atomic mass is 28.2. The molecule has 0 heterocycles. The van der Waals surface area contributed by atoms with Gasteiger partial charge in [0.1, 0.15) is 0 Å². The van der Waals surface area contributed by atoms with Crippen LogP contribution in [0.2, 0.25) is 6.04 Å². The van der Waals surface area contributed by atoms with Gasteiger partial charge >= 0.3 is 0 Å². The Kier molecular flexibility index (Phi) is 7.84. The van der Waals surface area contributed by atoms with Crippen LogP contribution in [0.1, 0.15) is 84.0 Å². The van der Waals surface area contributed by atoms with Crippen molar-refractivity contribution in [3.05, 3.63) is 0 Å². The molecule has 2 saturated carbocycles. The largest absolute Gasteiger partial charge is 0.525 e. The predicted octanol–water partition coefficient (Wildman–Crippen LogP) is 4.61. The molecule has 0 bridgehead atoms. The Morgan fingerprint density at radius 2 is 1.52 bits per heavy atom. The molecular formula is C18H34O2Si. The predicted molar refractivity (Wildman–Crippen MR) is 91.0 cm³/mol. The lowest BCUT2D eigenvalue weighted by Crippen LogP contribution is -2.29. The second-order valence-corrected chi connectivity index (χ2v) is 8.49. The monoisotopic (exact) mass is 310 g/mol. The molecule has 2 aliphatic rings. The molecule has 0 aromatic carbocycles. The molecule has 2 fully saturated rings. The number of hydrogen-bond acceptors (Lipinski definition) is 2. The molecular weight excluding hydrogens is 276 g/mol. The van der Waals surface area contributed by atoms with Gasteiger partial charge < -0.3 is 4.43 Å². The average molecular weight is 311 g/mol. The van der Waals surface area contributed by atoms with E-state index in [0.29, 0.717) is 6.42 Å². The molecule has 0 aromatic rings. The highest BCUT2D eigenvalue weighted by Crippen LogP contribution is 2.41. The molecule has 0 spiro atoms. The van der Waals surface area contributed by atoms with E-state index in [9.17, 15) is 4.79 Å². The molecule has 2 aliphatic carbocycles. The summed E-state index contributed by atoms with van der Waals surface area (Å²) in [6.45, 7) is 2.05. The lowest BCUT2D eigenvalue weighted by Gasteiger charge is -2.37. The van der Waals surface area contributed by atoms with Crippen LogP contribution >= 0.6 is 0 Å². The summed E-state index contributed by atoms with van der Waals surface area (Å²) in [5.41, 5.74) is 0. The Bertz CT molecular complexity index is 276. The van der Waals surface area contributed by atoms with Gasteiger partial charge in [-0.05, 0) is 30.2 Å². The van der Waals surface area contributed by atoms with Crippen LogP contribution in [-0.4, -0.2) is 15.7 Å². The zero-order valence-corrected chi connectivity index (χ0v) is 15.4. The normalized spacial score (nSPS) is 22.2. The van der Waals surface area contributed by atoms with E-state index < -0.39 is 9.76 Å². The third kappa shape index (κ3) is 5.76. The van der Waals surface area contributed by atoms with Crippen molar-refractivity contribution in [3.8, 4) is 0 Å². The van der Waals surface area contributed by atoms with Crippen molar-refractivity contribution in [2.24, 2.45) is 17.8 Å². The minimum atomic E-state index is -0.643. The first kappa shape index (κ1) is 17.0. The zero-order chi connectivity index (χ0) is 14.9. The molecule has 0 aromatic heterocycles. The molecule has 0 aliphatic heterocycles. The van der Waals surface area contributed by atoms with Crippen LogP contribution in [-0.2, 0) is 9.22 Å². The molecule has 0 amide bonds. The van der Waals surface area contributed by atoms with E-state index in [1.165, 1.54) is 70.3 Å². The molecule has 0 N–H and O–H groups in total. The van der Waals surface area contributed by atoms with Gasteiger partial charge in [0.2, 0.25) is 9.76 Å². The van der Waals surface area contributed by atoms with E-state index in [1.807, 2.05) is 0 Å². The lowest BCUT2D eigenvalue weighted by molar-refractivity contribution is -0.134. The standard InChI is InChI=1S/C18H34O2Si/c1-2-9-18(19)20-21-14-17(15-10-5-3-6-11-15)16-12-7-4-8-13-16/h15-17H,2-14,21H2,1H3. The molecule has 0 unspecified atom stereocenters. The Hall–Kier alpha value is -0.313. The Morgan fingerprint density at radius 3 is 2.00 bits per heavy atom. The van der Waals surface area contributed by atoms with Crippen molar-refractivity contribution in [2.75, 3.05) is 0 Å². The van der Waals surface area contributed by atoms with Gasteiger partial charge in [-0.3, -0.25) is 4.79 Å². The van der Waals surface area contributed by atoms with Crippen molar-refractivity contribution >= 4 is 15.7 Å². The first-order valence-corrected chi connectivity index (χ1v) is 11.0. The van der Waals surface area contributed by atoms with Gasteiger partial charge in [0.25, 0.3) is 5.97 Å². The number of rotatable bonds is 7. The third-order valence-corrected chi connectivity index (χ3v) is 7.11. The van der Waals surface area contributed by atoms with Gasteiger partial charge in [0, 0.05) is 6.42 Å². The quantitative estimate of drug-likeness (QED) is 0.642. The maximum atomic E-state index is 11.6. The van der Waals surface area contributed by atoms with Gasteiger partial charge in [0.05, 0.1) is 0 Å². The minimum Gasteiger partial charge on any atom is -0.525 e. The molecule has 0 radical (unpaired) electrons. The van der Waals surface area contributed by atoms with Gasteiger partial charge in [-0.15, -0.1) is 0 Å². The molecule has 2 nitrogen and oxygen atoms in total. The topological polar surface area (TPSA) is 26.3 Å². The van der Waals surface area contributed by atoms with Crippen molar-refractivity contribution in [2.45, 2.75) is 90.0 Å². The summed E-state index contributed by atoms with van der Waals surface area (Å²) < 4.78 is 5.59. The Balaban J connectivity index is 1.83. The Morgan fingerprint density at radius 1 is 1.00 bits per heavy atom. The van der Waals surface area contributed by atoms with Gasteiger partial charge in [-0.2, -0.15) is 0 Å². The number of carbonyl (C=O) groups is 1. The number of hydrogen-bond donors (Lipinski definition) is 0. The average Bonchev–Trinajstić information content (AvgIpc) is 2.53. The summed E-state index contributed by atoms with van der Waals surface area (Å²) in [5.74, 6) is 2.83. The van der Waals surface area contributed by atoms with E-state index in [1.54, 1.807) is 0 Å². The minimum absolute atomic E-state index is 0.0650. The lowest BCUT2D eigenvalue weighted by atomic mass is 9.70. The fourth-order valence-corrected chi connectivity index (χ4v) is 6.27. The maximum absolute atomic E-state index is 11.6. The molecule has 2 rings (SSSR count). The van der Waals surface area contributed by atoms with Gasteiger partial charge in [0.15, 0.2) is 0 Å². The first-order valence-electron chi connectivity index (χ1n) is 9.47. The van der Waals surface area contributed by atoms with Crippen molar-refractivity contribution < 1.29 is 9.22 Å². The fourth-order valence-electron chi connectivity index (χ4n) is 4.57. The van der Waals surface area contributed by atoms with E-state index in [4.69, 9.17) is 4.43 Å². The first-order chi connectivity index (χ1) is 10.3. The van der Waals surface area contributed by atoms with Crippen molar-refractivity contribution in [1.29, 1.82) is 0 Å². The smallest absolute Gasteiger partial charge is 0.292 e. The summed E-state index contributed by atoms with van der Waals surface area (Å²) in [7, 11) is -0.643.